The fourth-order valence-corrected chi connectivity index (χ4v) is 2.26. The fourth-order valence-electron chi connectivity index (χ4n) is 1.56. The first-order chi connectivity index (χ1) is 7.81. The summed E-state index contributed by atoms with van der Waals surface area (Å²) in [7, 11) is 0. The molecular formula is C11H9N3OS. The maximum Gasteiger partial charge on any atom is 0.156 e. The van der Waals surface area contributed by atoms with Crippen molar-refractivity contribution in [1.82, 2.24) is 14.6 Å². The lowest BCUT2D eigenvalue weighted by Gasteiger charge is -1.90. The second kappa shape index (κ2) is 3.61. The van der Waals surface area contributed by atoms with Crippen molar-refractivity contribution in [3.05, 3.63) is 46.5 Å². The number of rotatable bonds is 2. The zero-order chi connectivity index (χ0) is 11.0. The minimum absolute atomic E-state index is 0.195. The Hall–Kier alpha value is -1.88. The van der Waals surface area contributed by atoms with E-state index in [1.165, 1.54) is 4.88 Å². The molecule has 3 aromatic heterocycles. The van der Waals surface area contributed by atoms with Gasteiger partial charge in [-0.2, -0.15) is 5.10 Å². The highest BCUT2D eigenvalue weighted by Gasteiger charge is 2.05. The van der Waals surface area contributed by atoms with E-state index in [4.69, 9.17) is 0 Å². The molecule has 0 radical (unpaired) electrons. The molecule has 0 aromatic carbocycles. The highest BCUT2D eigenvalue weighted by Crippen LogP contribution is 2.14. The molecule has 80 valence electrons. The summed E-state index contributed by atoms with van der Waals surface area (Å²) in [5.74, 6) is 0.966. The van der Waals surface area contributed by atoms with Crippen LogP contribution in [0.4, 0.5) is 0 Å². The molecule has 0 aliphatic rings. The number of nitrogens with zero attached hydrogens (tertiary/aromatic N) is 3. The van der Waals surface area contributed by atoms with E-state index in [-0.39, 0.29) is 5.75 Å². The van der Waals surface area contributed by atoms with E-state index in [0.29, 0.717) is 0 Å². The normalized spacial score (nSPS) is 11.0. The first-order valence-electron chi connectivity index (χ1n) is 4.88. The van der Waals surface area contributed by atoms with Crippen LogP contribution in [0.1, 0.15) is 10.7 Å². The number of hydrogen-bond acceptors (Lipinski definition) is 4. The molecule has 0 fully saturated rings. The summed E-state index contributed by atoms with van der Waals surface area (Å²) in [6.07, 6.45) is 2.29. The minimum Gasteiger partial charge on any atom is -0.506 e. The second-order valence-electron chi connectivity index (χ2n) is 3.47. The van der Waals surface area contributed by atoms with E-state index in [0.717, 1.165) is 17.9 Å². The zero-order valence-electron chi connectivity index (χ0n) is 8.37. The van der Waals surface area contributed by atoms with E-state index in [1.807, 2.05) is 11.4 Å². The molecule has 16 heavy (non-hydrogen) atoms. The Kier molecular flexibility index (Phi) is 2.11. The average molecular weight is 231 g/mol. The molecule has 0 unspecified atom stereocenters. The minimum atomic E-state index is 0.195. The van der Waals surface area contributed by atoms with Crippen molar-refractivity contribution in [3.8, 4) is 5.75 Å². The summed E-state index contributed by atoms with van der Waals surface area (Å²) >= 11 is 1.69. The van der Waals surface area contributed by atoms with Crippen LogP contribution in [0.15, 0.2) is 35.8 Å². The molecular weight excluding hydrogens is 222 g/mol. The third kappa shape index (κ3) is 1.65. The van der Waals surface area contributed by atoms with Crippen molar-refractivity contribution in [3.63, 3.8) is 0 Å². The Labute approximate surface area is 95.8 Å². The van der Waals surface area contributed by atoms with E-state index in [2.05, 4.69) is 16.1 Å². The Morgan fingerprint density at radius 3 is 3.06 bits per heavy atom. The van der Waals surface area contributed by atoms with Gasteiger partial charge in [0, 0.05) is 11.3 Å². The molecule has 0 spiro atoms. The highest BCUT2D eigenvalue weighted by atomic mass is 32.1. The number of hydrogen-bond donors (Lipinski definition) is 1. The molecule has 5 heteroatoms. The molecule has 1 N–H and O–H groups in total. The van der Waals surface area contributed by atoms with Gasteiger partial charge in [-0.15, -0.1) is 11.3 Å². The molecule has 0 saturated carbocycles. The molecule has 0 aliphatic heterocycles. The zero-order valence-corrected chi connectivity index (χ0v) is 9.18. The molecule has 3 aromatic rings. The highest BCUT2D eigenvalue weighted by molar-refractivity contribution is 7.09. The number of pyridine rings is 1. The van der Waals surface area contributed by atoms with Crippen molar-refractivity contribution in [2.24, 2.45) is 0 Å². The lowest BCUT2D eigenvalue weighted by Crippen LogP contribution is -1.89. The van der Waals surface area contributed by atoms with Crippen LogP contribution >= 0.6 is 11.3 Å². The van der Waals surface area contributed by atoms with Gasteiger partial charge >= 0.3 is 0 Å². The first kappa shape index (κ1) is 9.35. The molecule has 3 heterocycles. The van der Waals surface area contributed by atoms with E-state index in [9.17, 15) is 5.11 Å². The average Bonchev–Trinajstić information content (AvgIpc) is 2.86. The van der Waals surface area contributed by atoms with Crippen LogP contribution in [0, 0.1) is 0 Å². The molecule has 3 rings (SSSR count). The van der Waals surface area contributed by atoms with Gasteiger partial charge in [0.05, 0.1) is 6.20 Å². The lowest BCUT2D eigenvalue weighted by molar-refractivity contribution is 0.470. The van der Waals surface area contributed by atoms with E-state index >= 15 is 0 Å². The Bertz CT molecular complexity index is 615. The largest absolute Gasteiger partial charge is 0.506 e. The Balaban J connectivity index is 1.99. The van der Waals surface area contributed by atoms with Crippen LogP contribution in [0.5, 0.6) is 5.75 Å². The van der Waals surface area contributed by atoms with Crippen LogP contribution in [-0.2, 0) is 6.42 Å². The van der Waals surface area contributed by atoms with Crippen molar-refractivity contribution in [2.75, 3.05) is 0 Å². The van der Waals surface area contributed by atoms with Crippen LogP contribution in [0.3, 0.4) is 0 Å². The van der Waals surface area contributed by atoms with Crippen molar-refractivity contribution < 1.29 is 5.11 Å². The van der Waals surface area contributed by atoms with Gasteiger partial charge in [0.1, 0.15) is 5.75 Å². The maximum atomic E-state index is 9.31. The van der Waals surface area contributed by atoms with Gasteiger partial charge in [-0.1, -0.05) is 6.07 Å². The third-order valence-electron chi connectivity index (χ3n) is 2.27. The number of fused-ring (bicyclic) bond motifs is 1. The monoisotopic (exact) mass is 231 g/mol. The van der Waals surface area contributed by atoms with Crippen LogP contribution in [0.25, 0.3) is 5.65 Å². The molecule has 4 nitrogen and oxygen atoms in total. The summed E-state index contributed by atoms with van der Waals surface area (Å²) in [5.41, 5.74) is 0.754. The van der Waals surface area contributed by atoms with E-state index < -0.39 is 0 Å². The quantitative estimate of drug-likeness (QED) is 0.734. The standard InChI is InChI=1S/C11H9N3OS/c15-8-3-4-11-12-10(13-14(11)7-8)6-9-2-1-5-16-9/h1-5,7,15H,6H2. The van der Waals surface area contributed by atoms with Gasteiger partial charge < -0.3 is 5.11 Å². The summed E-state index contributed by atoms with van der Waals surface area (Å²) in [6, 6.07) is 7.44. The Morgan fingerprint density at radius 1 is 1.31 bits per heavy atom. The van der Waals surface area contributed by atoms with Gasteiger partial charge in [0.25, 0.3) is 0 Å². The van der Waals surface area contributed by atoms with Gasteiger partial charge in [0.15, 0.2) is 11.5 Å². The molecule has 0 aliphatic carbocycles. The predicted molar refractivity (Wildman–Crippen MR) is 61.8 cm³/mol. The Morgan fingerprint density at radius 2 is 2.25 bits per heavy atom. The smallest absolute Gasteiger partial charge is 0.156 e. The molecule has 0 saturated heterocycles. The van der Waals surface area contributed by atoms with Crippen molar-refractivity contribution in [1.29, 1.82) is 0 Å². The van der Waals surface area contributed by atoms with Gasteiger partial charge in [-0.05, 0) is 23.6 Å². The topological polar surface area (TPSA) is 50.4 Å². The van der Waals surface area contributed by atoms with Crippen molar-refractivity contribution in [2.45, 2.75) is 6.42 Å². The predicted octanol–water partition coefficient (Wildman–Crippen LogP) is 2.09. The molecule has 0 atom stereocenters. The summed E-state index contributed by atoms with van der Waals surface area (Å²) in [5, 5.41) is 15.6. The van der Waals surface area contributed by atoms with Crippen LogP contribution < -0.4 is 0 Å². The van der Waals surface area contributed by atoms with E-state index in [1.54, 1.807) is 34.2 Å². The first-order valence-corrected chi connectivity index (χ1v) is 5.76. The number of aromatic nitrogens is 3. The van der Waals surface area contributed by atoms with Crippen LogP contribution in [0.2, 0.25) is 0 Å². The molecule has 0 bridgehead atoms. The molecule has 0 amide bonds. The summed E-state index contributed by atoms with van der Waals surface area (Å²) in [6.45, 7) is 0. The summed E-state index contributed by atoms with van der Waals surface area (Å²) in [4.78, 5) is 5.61. The number of thiophene rings is 1. The van der Waals surface area contributed by atoms with Crippen LogP contribution in [-0.4, -0.2) is 19.7 Å². The van der Waals surface area contributed by atoms with Gasteiger partial charge in [0.2, 0.25) is 0 Å². The summed E-state index contributed by atoms with van der Waals surface area (Å²) < 4.78 is 1.60. The third-order valence-corrected chi connectivity index (χ3v) is 3.15. The second-order valence-corrected chi connectivity index (χ2v) is 4.51. The van der Waals surface area contributed by atoms with Gasteiger partial charge in [-0.3, -0.25) is 0 Å². The SMILES string of the molecule is Oc1ccc2nc(Cc3cccs3)nn2c1. The fraction of sp³-hybridized carbons (Fsp3) is 0.0909. The lowest BCUT2D eigenvalue weighted by atomic mass is 10.3. The van der Waals surface area contributed by atoms with Gasteiger partial charge in [-0.25, -0.2) is 9.50 Å². The maximum absolute atomic E-state index is 9.31. The van der Waals surface area contributed by atoms with Crippen molar-refractivity contribution >= 4 is 17.0 Å². The number of aromatic hydroxyl groups is 1.